The highest BCUT2D eigenvalue weighted by Crippen LogP contribution is 2.30. The third kappa shape index (κ3) is 2.47. The van der Waals surface area contributed by atoms with Crippen LogP contribution in [0.1, 0.15) is 18.4 Å². The quantitative estimate of drug-likeness (QED) is 0.796. The van der Waals surface area contributed by atoms with Crippen molar-refractivity contribution >= 4 is 11.9 Å². The Bertz CT molecular complexity index is 640. The van der Waals surface area contributed by atoms with Crippen LogP contribution >= 0.6 is 0 Å². The minimum atomic E-state index is -0.685. The van der Waals surface area contributed by atoms with Gasteiger partial charge in [-0.05, 0) is 44.0 Å². The average molecular weight is 315 g/mol. The van der Waals surface area contributed by atoms with E-state index in [2.05, 4.69) is 10.6 Å². The molecular formula is C17H21N3O3. The Kier molecular flexibility index (Phi) is 3.49. The van der Waals surface area contributed by atoms with Crippen molar-refractivity contribution in [2.75, 3.05) is 26.2 Å². The minimum Gasteiger partial charge on any atom is -0.493 e. The van der Waals surface area contributed by atoms with Crippen LogP contribution in [0.25, 0.3) is 0 Å². The molecule has 2 N–H and O–H groups in total. The SMILES string of the molecule is O=C1NC2(CCNCC2)C(=O)N1C[C@H]1COc2ccccc2C1. The van der Waals surface area contributed by atoms with Gasteiger partial charge in [0.2, 0.25) is 0 Å². The monoisotopic (exact) mass is 315 g/mol. The summed E-state index contributed by atoms with van der Waals surface area (Å²) in [4.78, 5) is 26.5. The Morgan fingerprint density at radius 2 is 2.00 bits per heavy atom. The lowest BCUT2D eigenvalue weighted by molar-refractivity contribution is -0.132. The molecule has 1 aromatic rings. The number of hydrogen-bond donors (Lipinski definition) is 2. The average Bonchev–Trinajstić information content (AvgIpc) is 2.80. The number of urea groups is 1. The molecule has 0 unspecified atom stereocenters. The highest BCUT2D eigenvalue weighted by Gasteiger charge is 2.51. The first-order valence-electron chi connectivity index (χ1n) is 8.23. The van der Waals surface area contributed by atoms with E-state index in [1.807, 2.05) is 24.3 Å². The first-order valence-corrected chi connectivity index (χ1v) is 8.23. The Balaban J connectivity index is 1.47. The summed E-state index contributed by atoms with van der Waals surface area (Å²) in [6.07, 6.45) is 2.16. The van der Waals surface area contributed by atoms with E-state index in [-0.39, 0.29) is 17.9 Å². The van der Waals surface area contributed by atoms with Crippen LogP contribution in [0.3, 0.4) is 0 Å². The number of para-hydroxylation sites is 1. The molecule has 4 rings (SSSR count). The molecule has 3 heterocycles. The standard InChI is InChI=1S/C17H21N3O3/c21-15-17(5-7-18-8-6-17)19-16(22)20(15)10-12-9-13-3-1-2-4-14(13)23-11-12/h1-4,12,18H,5-11H2,(H,19,22)/t12-/m0/s1. The number of carbonyl (C=O) groups excluding carboxylic acids is 2. The first-order chi connectivity index (χ1) is 11.2. The van der Waals surface area contributed by atoms with E-state index in [0.717, 1.165) is 30.8 Å². The molecule has 0 bridgehead atoms. The number of benzene rings is 1. The molecule has 1 spiro atoms. The van der Waals surface area contributed by atoms with Crippen molar-refractivity contribution in [2.24, 2.45) is 5.92 Å². The fraction of sp³-hybridized carbons (Fsp3) is 0.529. The van der Waals surface area contributed by atoms with Gasteiger partial charge in [0, 0.05) is 12.5 Å². The van der Waals surface area contributed by atoms with Gasteiger partial charge in [-0.2, -0.15) is 0 Å². The third-order valence-electron chi connectivity index (χ3n) is 5.10. The summed E-state index contributed by atoms with van der Waals surface area (Å²) in [6, 6.07) is 7.70. The fourth-order valence-corrected chi connectivity index (χ4v) is 3.80. The predicted molar refractivity (Wildman–Crippen MR) is 84.2 cm³/mol. The summed E-state index contributed by atoms with van der Waals surface area (Å²) < 4.78 is 5.77. The van der Waals surface area contributed by atoms with Gasteiger partial charge in [-0.25, -0.2) is 4.79 Å². The molecule has 1 atom stereocenters. The van der Waals surface area contributed by atoms with E-state index >= 15 is 0 Å². The largest absolute Gasteiger partial charge is 0.493 e. The Labute approximate surface area is 135 Å². The maximum absolute atomic E-state index is 12.8. The number of amides is 3. The van der Waals surface area contributed by atoms with Gasteiger partial charge >= 0.3 is 6.03 Å². The number of nitrogens with zero attached hydrogens (tertiary/aromatic N) is 1. The molecule has 0 saturated carbocycles. The molecule has 0 aliphatic carbocycles. The first kappa shape index (κ1) is 14.5. The molecule has 3 aliphatic heterocycles. The second kappa shape index (κ2) is 5.53. The molecule has 0 radical (unpaired) electrons. The number of carbonyl (C=O) groups is 2. The zero-order chi connectivity index (χ0) is 15.9. The van der Waals surface area contributed by atoms with Crippen LogP contribution in [-0.2, 0) is 11.2 Å². The number of imide groups is 1. The van der Waals surface area contributed by atoms with Gasteiger partial charge in [0.05, 0.1) is 6.61 Å². The Morgan fingerprint density at radius 1 is 1.22 bits per heavy atom. The normalized spacial score (nSPS) is 25.9. The van der Waals surface area contributed by atoms with E-state index in [9.17, 15) is 9.59 Å². The van der Waals surface area contributed by atoms with Crippen LogP contribution in [-0.4, -0.2) is 48.6 Å². The molecule has 3 amide bonds. The van der Waals surface area contributed by atoms with Crippen molar-refractivity contribution in [3.63, 3.8) is 0 Å². The highest BCUT2D eigenvalue weighted by molar-refractivity contribution is 6.07. The number of rotatable bonds is 2. The lowest BCUT2D eigenvalue weighted by atomic mass is 9.88. The van der Waals surface area contributed by atoms with Crippen molar-refractivity contribution in [1.29, 1.82) is 0 Å². The number of hydrogen-bond acceptors (Lipinski definition) is 4. The van der Waals surface area contributed by atoms with Crippen LogP contribution in [0.5, 0.6) is 5.75 Å². The zero-order valence-corrected chi connectivity index (χ0v) is 13.0. The topological polar surface area (TPSA) is 70.7 Å². The molecule has 6 heteroatoms. The van der Waals surface area contributed by atoms with Gasteiger partial charge in [0.15, 0.2) is 0 Å². The maximum Gasteiger partial charge on any atom is 0.325 e. The van der Waals surface area contributed by atoms with Crippen LogP contribution < -0.4 is 15.4 Å². The second-order valence-electron chi connectivity index (χ2n) is 6.67. The second-order valence-corrected chi connectivity index (χ2v) is 6.67. The van der Waals surface area contributed by atoms with Crippen LogP contribution in [0.2, 0.25) is 0 Å². The number of nitrogens with one attached hydrogen (secondary N) is 2. The van der Waals surface area contributed by atoms with Crippen LogP contribution in [0, 0.1) is 5.92 Å². The molecule has 3 aliphatic rings. The van der Waals surface area contributed by atoms with Gasteiger partial charge in [0.25, 0.3) is 5.91 Å². The van der Waals surface area contributed by atoms with Crippen molar-refractivity contribution in [2.45, 2.75) is 24.8 Å². The number of ether oxygens (including phenoxy) is 1. The van der Waals surface area contributed by atoms with E-state index in [1.54, 1.807) is 0 Å². The van der Waals surface area contributed by atoms with Gasteiger partial charge in [-0.1, -0.05) is 18.2 Å². The smallest absolute Gasteiger partial charge is 0.325 e. The van der Waals surface area contributed by atoms with Crippen molar-refractivity contribution in [1.82, 2.24) is 15.5 Å². The van der Waals surface area contributed by atoms with Crippen LogP contribution in [0.15, 0.2) is 24.3 Å². The van der Waals surface area contributed by atoms with Gasteiger partial charge < -0.3 is 15.4 Å². The Morgan fingerprint density at radius 3 is 2.83 bits per heavy atom. The number of piperidine rings is 1. The fourth-order valence-electron chi connectivity index (χ4n) is 3.80. The minimum absolute atomic E-state index is 0.0668. The van der Waals surface area contributed by atoms with E-state index in [1.165, 1.54) is 4.90 Å². The number of fused-ring (bicyclic) bond motifs is 1. The van der Waals surface area contributed by atoms with Crippen LogP contribution in [0.4, 0.5) is 4.79 Å². The molecule has 2 saturated heterocycles. The summed E-state index contributed by atoms with van der Waals surface area (Å²) in [5.74, 6) is 0.995. The maximum atomic E-state index is 12.8. The van der Waals surface area contributed by atoms with Gasteiger partial charge in [0.1, 0.15) is 11.3 Å². The molecule has 1 aromatic carbocycles. The lowest BCUT2D eigenvalue weighted by Gasteiger charge is -2.32. The molecular weight excluding hydrogens is 294 g/mol. The predicted octanol–water partition coefficient (Wildman–Crippen LogP) is 0.912. The van der Waals surface area contributed by atoms with Crippen molar-refractivity contribution in [3.05, 3.63) is 29.8 Å². The summed E-state index contributed by atoms with van der Waals surface area (Å²) >= 11 is 0. The molecule has 0 aromatic heterocycles. The van der Waals surface area contributed by atoms with E-state index < -0.39 is 5.54 Å². The zero-order valence-electron chi connectivity index (χ0n) is 13.0. The molecule has 122 valence electrons. The molecule has 23 heavy (non-hydrogen) atoms. The summed E-state index contributed by atoms with van der Waals surface area (Å²) in [6.45, 7) is 2.50. The summed E-state index contributed by atoms with van der Waals surface area (Å²) in [7, 11) is 0. The summed E-state index contributed by atoms with van der Waals surface area (Å²) in [5, 5.41) is 6.17. The highest BCUT2D eigenvalue weighted by atomic mass is 16.5. The molecule has 6 nitrogen and oxygen atoms in total. The van der Waals surface area contributed by atoms with Crippen molar-refractivity contribution < 1.29 is 14.3 Å². The summed E-state index contributed by atoms with van der Waals surface area (Å²) in [5.41, 5.74) is 0.461. The van der Waals surface area contributed by atoms with E-state index in [4.69, 9.17) is 4.74 Å². The molecule has 2 fully saturated rings. The third-order valence-corrected chi connectivity index (χ3v) is 5.10. The van der Waals surface area contributed by atoms with Gasteiger partial charge in [-0.15, -0.1) is 0 Å². The van der Waals surface area contributed by atoms with Gasteiger partial charge in [-0.3, -0.25) is 9.69 Å². The lowest BCUT2D eigenvalue weighted by Crippen LogP contribution is -2.54. The Hall–Kier alpha value is -2.08. The van der Waals surface area contributed by atoms with Crippen molar-refractivity contribution in [3.8, 4) is 5.75 Å². The van der Waals surface area contributed by atoms with E-state index in [0.29, 0.717) is 26.0 Å².